The van der Waals surface area contributed by atoms with E-state index in [0.717, 1.165) is 17.1 Å². The average Bonchev–Trinajstić information content (AvgIpc) is 3.11. The summed E-state index contributed by atoms with van der Waals surface area (Å²) in [4.78, 5) is 16.8. The summed E-state index contributed by atoms with van der Waals surface area (Å²) < 4.78 is 12.7. The summed E-state index contributed by atoms with van der Waals surface area (Å²) in [7, 11) is 3.50. The lowest BCUT2D eigenvalue weighted by atomic mass is 10.1. The molecule has 0 bridgehead atoms. The first-order valence-corrected chi connectivity index (χ1v) is 8.26. The molecule has 3 rings (SSSR count). The Kier molecular flexibility index (Phi) is 5.53. The minimum Gasteiger partial charge on any atom is -0.497 e. The normalized spacial score (nSPS) is 11.6. The van der Waals surface area contributed by atoms with E-state index in [1.165, 1.54) is 0 Å². The van der Waals surface area contributed by atoms with Crippen LogP contribution in [0.4, 0.5) is 0 Å². The van der Waals surface area contributed by atoms with Gasteiger partial charge in [0.2, 0.25) is 0 Å². The quantitative estimate of drug-likeness (QED) is 0.711. The Hall–Kier alpha value is -3.28. The van der Waals surface area contributed by atoms with Gasteiger partial charge in [-0.1, -0.05) is 30.3 Å². The fourth-order valence-electron chi connectivity index (χ4n) is 2.64. The van der Waals surface area contributed by atoms with Gasteiger partial charge in [-0.05, 0) is 29.8 Å². The van der Waals surface area contributed by atoms with Gasteiger partial charge in [-0.3, -0.25) is 4.79 Å². The molecule has 0 saturated carbocycles. The van der Waals surface area contributed by atoms with Crippen LogP contribution in [0.15, 0.2) is 67.0 Å². The molecule has 6 nitrogen and oxygen atoms in total. The number of hydrogen-bond acceptors (Lipinski definition) is 4. The van der Waals surface area contributed by atoms with Crippen molar-refractivity contribution < 1.29 is 14.3 Å². The summed E-state index contributed by atoms with van der Waals surface area (Å²) in [6.45, 7) is -0.0745. The Morgan fingerprint density at radius 3 is 2.62 bits per heavy atom. The second-order valence-corrected chi connectivity index (χ2v) is 5.78. The van der Waals surface area contributed by atoms with Gasteiger partial charge in [0.1, 0.15) is 23.4 Å². The number of para-hydroxylation sites is 1. The third-order valence-electron chi connectivity index (χ3n) is 3.96. The minimum atomic E-state index is -0.406. The summed E-state index contributed by atoms with van der Waals surface area (Å²) in [5, 5.41) is 3.00. The van der Waals surface area contributed by atoms with Crippen molar-refractivity contribution in [3.63, 3.8) is 0 Å². The molecular weight excluding hydrogens is 330 g/mol. The Bertz CT molecular complexity index is 862. The molecule has 0 aliphatic carbocycles. The van der Waals surface area contributed by atoms with Crippen LogP contribution in [-0.2, 0) is 11.8 Å². The summed E-state index contributed by atoms with van der Waals surface area (Å²) in [5.41, 5.74) is 0.881. The van der Waals surface area contributed by atoms with Gasteiger partial charge < -0.3 is 19.4 Å². The number of carbonyl (C=O) groups is 1. The first-order chi connectivity index (χ1) is 12.7. The monoisotopic (exact) mass is 351 g/mol. The zero-order valence-corrected chi connectivity index (χ0v) is 14.8. The Labute approximate surface area is 152 Å². The summed E-state index contributed by atoms with van der Waals surface area (Å²) >= 11 is 0. The summed E-state index contributed by atoms with van der Waals surface area (Å²) in [6.07, 6.45) is 3.55. The molecule has 0 fully saturated rings. The van der Waals surface area contributed by atoms with Crippen LogP contribution in [0.2, 0.25) is 0 Å². The number of nitrogens with one attached hydrogen (secondary N) is 1. The summed E-state index contributed by atoms with van der Waals surface area (Å²) in [5.74, 6) is 1.87. The van der Waals surface area contributed by atoms with Crippen LogP contribution < -0.4 is 14.8 Å². The van der Waals surface area contributed by atoms with Crippen LogP contribution in [0.25, 0.3) is 0 Å². The van der Waals surface area contributed by atoms with Crippen LogP contribution in [0.5, 0.6) is 11.5 Å². The fraction of sp³-hybridized carbons (Fsp3) is 0.200. The molecule has 2 aromatic carbocycles. The smallest absolute Gasteiger partial charge is 0.258 e. The van der Waals surface area contributed by atoms with Crippen LogP contribution in [0.1, 0.15) is 17.4 Å². The molecule has 1 N–H and O–H groups in total. The van der Waals surface area contributed by atoms with Crippen molar-refractivity contribution in [1.29, 1.82) is 0 Å². The largest absolute Gasteiger partial charge is 0.497 e. The Morgan fingerprint density at radius 2 is 1.92 bits per heavy atom. The summed E-state index contributed by atoms with van der Waals surface area (Å²) in [6, 6.07) is 16.4. The molecule has 0 saturated heterocycles. The average molecular weight is 351 g/mol. The molecule has 0 aliphatic heterocycles. The first-order valence-electron chi connectivity index (χ1n) is 8.26. The first kappa shape index (κ1) is 17.5. The number of aromatic nitrogens is 2. The van der Waals surface area contributed by atoms with E-state index in [2.05, 4.69) is 10.3 Å². The predicted octanol–water partition coefficient (Wildman–Crippen LogP) is 2.71. The van der Waals surface area contributed by atoms with Crippen LogP contribution in [0.3, 0.4) is 0 Å². The maximum absolute atomic E-state index is 12.5. The highest BCUT2D eigenvalue weighted by Gasteiger charge is 2.21. The number of imidazole rings is 1. The Morgan fingerprint density at radius 1 is 1.15 bits per heavy atom. The molecule has 134 valence electrons. The lowest BCUT2D eigenvalue weighted by Gasteiger charge is -2.20. The number of hydrogen-bond donors (Lipinski definition) is 1. The van der Waals surface area contributed by atoms with Crippen molar-refractivity contribution in [2.75, 3.05) is 13.7 Å². The molecule has 1 atom stereocenters. The highest BCUT2D eigenvalue weighted by atomic mass is 16.5. The molecule has 0 unspecified atom stereocenters. The van der Waals surface area contributed by atoms with Crippen LogP contribution in [0, 0.1) is 0 Å². The van der Waals surface area contributed by atoms with Gasteiger partial charge in [0, 0.05) is 19.4 Å². The third kappa shape index (κ3) is 4.22. The van der Waals surface area contributed by atoms with Gasteiger partial charge in [0.05, 0.1) is 7.11 Å². The topological polar surface area (TPSA) is 65.4 Å². The number of rotatable bonds is 7. The number of aryl methyl sites for hydroxylation is 1. The maximum atomic E-state index is 12.5. The molecule has 0 spiro atoms. The van der Waals surface area contributed by atoms with Crippen molar-refractivity contribution in [1.82, 2.24) is 14.9 Å². The van der Waals surface area contributed by atoms with Gasteiger partial charge in [0.15, 0.2) is 6.61 Å². The van der Waals surface area contributed by atoms with E-state index in [4.69, 9.17) is 9.47 Å². The van der Waals surface area contributed by atoms with E-state index < -0.39 is 6.04 Å². The van der Waals surface area contributed by atoms with Gasteiger partial charge >= 0.3 is 0 Å². The fourth-order valence-corrected chi connectivity index (χ4v) is 2.64. The van der Waals surface area contributed by atoms with Crippen molar-refractivity contribution in [3.8, 4) is 11.5 Å². The van der Waals surface area contributed by atoms with Gasteiger partial charge in [-0.15, -0.1) is 0 Å². The van der Waals surface area contributed by atoms with Gasteiger partial charge in [0.25, 0.3) is 5.91 Å². The van der Waals surface area contributed by atoms with E-state index in [-0.39, 0.29) is 12.5 Å². The Balaban J connectivity index is 1.77. The SMILES string of the molecule is COc1cccc([C@H](NC(=O)COc2ccccc2)c2nccn2C)c1. The van der Waals surface area contributed by atoms with E-state index in [0.29, 0.717) is 5.75 Å². The molecule has 1 heterocycles. The lowest BCUT2D eigenvalue weighted by Crippen LogP contribution is -2.34. The minimum absolute atomic E-state index is 0.0745. The number of nitrogens with zero attached hydrogens (tertiary/aromatic N) is 2. The van der Waals surface area contributed by atoms with E-state index in [9.17, 15) is 4.79 Å². The number of amides is 1. The highest BCUT2D eigenvalue weighted by molar-refractivity contribution is 5.78. The second-order valence-electron chi connectivity index (χ2n) is 5.78. The highest BCUT2D eigenvalue weighted by Crippen LogP contribution is 2.24. The molecule has 0 radical (unpaired) electrons. The van der Waals surface area contributed by atoms with Crippen LogP contribution >= 0.6 is 0 Å². The van der Waals surface area contributed by atoms with E-state index >= 15 is 0 Å². The van der Waals surface area contributed by atoms with E-state index in [1.807, 2.05) is 72.4 Å². The van der Waals surface area contributed by atoms with Crippen LogP contribution in [-0.4, -0.2) is 29.2 Å². The maximum Gasteiger partial charge on any atom is 0.258 e. The van der Waals surface area contributed by atoms with E-state index in [1.54, 1.807) is 13.3 Å². The second kappa shape index (κ2) is 8.20. The molecular formula is C20H21N3O3. The van der Waals surface area contributed by atoms with Crippen molar-refractivity contribution in [3.05, 3.63) is 78.4 Å². The molecule has 6 heteroatoms. The number of ether oxygens (including phenoxy) is 2. The molecule has 1 amide bonds. The lowest BCUT2D eigenvalue weighted by molar-refractivity contribution is -0.123. The molecule has 0 aliphatic rings. The molecule has 1 aromatic heterocycles. The van der Waals surface area contributed by atoms with Gasteiger partial charge in [-0.2, -0.15) is 0 Å². The van der Waals surface area contributed by atoms with Gasteiger partial charge in [-0.25, -0.2) is 4.98 Å². The predicted molar refractivity (Wildman–Crippen MR) is 98.1 cm³/mol. The zero-order chi connectivity index (χ0) is 18.4. The molecule has 3 aromatic rings. The van der Waals surface area contributed by atoms with Crippen molar-refractivity contribution in [2.45, 2.75) is 6.04 Å². The van der Waals surface area contributed by atoms with Crippen molar-refractivity contribution in [2.24, 2.45) is 7.05 Å². The number of methoxy groups -OCH3 is 1. The standard InChI is InChI=1S/C20H21N3O3/c1-23-12-11-21-20(23)19(15-7-6-10-17(13-15)25-2)22-18(24)14-26-16-8-4-3-5-9-16/h3-13,19H,14H2,1-2H3,(H,22,24)/t19-/m0/s1. The zero-order valence-electron chi connectivity index (χ0n) is 14.8. The molecule has 26 heavy (non-hydrogen) atoms. The van der Waals surface area contributed by atoms with Crippen molar-refractivity contribution >= 4 is 5.91 Å². The number of benzene rings is 2. The third-order valence-corrected chi connectivity index (χ3v) is 3.96. The number of carbonyl (C=O) groups excluding carboxylic acids is 1.